The van der Waals surface area contributed by atoms with Crippen molar-refractivity contribution < 1.29 is 23.4 Å². The van der Waals surface area contributed by atoms with Crippen LogP contribution in [-0.4, -0.2) is 18.2 Å². The van der Waals surface area contributed by atoms with Gasteiger partial charge in [-0.3, -0.25) is 4.79 Å². The fourth-order valence-corrected chi connectivity index (χ4v) is 1.47. The second-order valence-corrected chi connectivity index (χ2v) is 3.44. The van der Waals surface area contributed by atoms with E-state index >= 15 is 0 Å². The van der Waals surface area contributed by atoms with Crippen molar-refractivity contribution in [1.82, 2.24) is 0 Å². The normalized spacial score (nSPS) is 10.2. The molecule has 88 valence electrons. The molecule has 3 nitrogen and oxygen atoms in total. The predicted molar refractivity (Wildman–Crippen MR) is 53.9 cm³/mol. The standard InChI is InChI=1S/C10H9ClF2O3/c1-16-7-4-6(12)5(2-3-8(14)15)10(13)9(7)11/h4H,2-3H2,1H3,(H,14,15). The van der Waals surface area contributed by atoms with E-state index in [0.29, 0.717) is 0 Å². The Hall–Kier alpha value is -1.36. The highest BCUT2D eigenvalue weighted by molar-refractivity contribution is 6.32. The van der Waals surface area contributed by atoms with Gasteiger partial charge < -0.3 is 9.84 Å². The number of carboxylic acids is 1. The summed E-state index contributed by atoms with van der Waals surface area (Å²) < 4.78 is 31.5. The average Bonchev–Trinajstić information content (AvgIpc) is 2.22. The summed E-state index contributed by atoms with van der Waals surface area (Å²) in [4.78, 5) is 10.3. The lowest BCUT2D eigenvalue weighted by Crippen LogP contribution is -2.03. The first-order valence-electron chi connectivity index (χ1n) is 4.39. The van der Waals surface area contributed by atoms with Gasteiger partial charge in [-0.25, -0.2) is 8.78 Å². The molecule has 0 radical (unpaired) electrons. The van der Waals surface area contributed by atoms with Crippen LogP contribution in [0.4, 0.5) is 8.78 Å². The summed E-state index contributed by atoms with van der Waals surface area (Å²) in [6.45, 7) is 0. The summed E-state index contributed by atoms with van der Waals surface area (Å²) >= 11 is 5.57. The highest BCUT2D eigenvalue weighted by atomic mass is 35.5. The molecule has 0 atom stereocenters. The minimum absolute atomic E-state index is 0.115. The lowest BCUT2D eigenvalue weighted by atomic mass is 10.1. The molecule has 0 aromatic heterocycles. The quantitative estimate of drug-likeness (QED) is 0.836. The second-order valence-electron chi connectivity index (χ2n) is 3.06. The van der Waals surface area contributed by atoms with Crippen molar-refractivity contribution in [1.29, 1.82) is 0 Å². The van der Waals surface area contributed by atoms with E-state index in [4.69, 9.17) is 16.7 Å². The monoisotopic (exact) mass is 250 g/mol. The number of aliphatic carboxylic acids is 1. The summed E-state index contributed by atoms with van der Waals surface area (Å²) in [6, 6.07) is 0.933. The molecule has 0 aliphatic heterocycles. The number of rotatable bonds is 4. The largest absolute Gasteiger partial charge is 0.495 e. The van der Waals surface area contributed by atoms with Crippen LogP contribution in [0.15, 0.2) is 6.07 Å². The molecule has 0 fully saturated rings. The van der Waals surface area contributed by atoms with Gasteiger partial charge in [0.1, 0.15) is 16.6 Å². The molecule has 0 amide bonds. The molecule has 16 heavy (non-hydrogen) atoms. The number of benzene rings is 1. The smallest absolute Gasteiger partial charge is 0.303 e. The topological polar surface area (TPSA) is 46.5 Å². The van der Waals surface area contributed by atoms with Gasteiger partial charge in [-0.15, -0.1) is 0 Å². The van der Waals surface area contributed by atoms with Crippen molar-refractivity contribution in [3.63, 3.8) is 0 Å². The highest BCUT2D eigenvalue weighted by Gasteiger charge is 2.18. The summed E-state index contributed by atoms with van der Waals surface area (Å²) in [7, 11) is 1.23. The van der Waals surface area contributed by atoms with Crippen LogP contribution in [0.1, 0.15) is 12.0 Å². The maximum Gasteiger partial charge on any atom is 0.303 e. The van der Waals surface area contributed by atoms with Crippen molar-refractivity contribution >= 4 is 17.6 Å². The summed E-state index contributed by atoms with van der Waals surface area (Å²) in [6.07, 6.45) is -0.618. The molecule has 0 aliphatic rings. The molecule has 1 rings (SSSR count). The van der Waals surface area contributed by atoms with E-state index in [9.17, 15) is 13.6 Å². The molecule has 0 saturated heterocycles. The lowest BCUT2D eigenvalue weighted by molar-refractivity contribution is -0.136. The number of carboxylic acid groups (broad SMARTS) is 1. The van der Waals surface area contributed by atoms with Crippen LogP contribution in [0.25, 0.3) is 0 Å². The Labute approximate surface area is 95.6 Å². The van der Waals surface area contributed by atoms with Gasteiger partial charge in [0, 0.05) is 18.1 Å². The SMILES string of the molecule is COc1cc(F)c(CCC(=O)O)c(F)c1Cl. The zero-order valence-corrected chi connectivity index (χ0v) is 9.15. The molecule has 0 spiro atoms. The van der Waals surface area contributed by atoms with Crippen LogP contribution in [0, 0.1) is 11.6 Å². The first-order chi connectivity index (χ1) is 7.47. The van der Waals surface area contributed by atoms with E-state index < -0.39 is 17.6 Å². The number of hydrogen-bond acceptors (Lipinski definition) is 2. The minimum Gasteiger partial charge on any atom is -0.495 e. The van der Waals surface area contributed by atoms with Crippen LogP contribution in [0.5, 0.6) is 5.75 Å². The van der Waals surface area contributed by atoms with Gasteiger partial charge in [0.05, 0.1) is 7.11 Å². The molecular formula is C10H9ClF2O3. The van der Waals surface area contributed by atoms with Crippen molar-refractivity contribution in [3.05, 3.63) is 28.3 Å². The first-order valence-corrected chi connectivity index (χ1v) is 4.77. The summed E-state index contributed by atoms with van der Waals surface area (Å²) in [5.41, 5.74) is -0.340. The van der Waals surface area contributed by atoms with E-state index in [0.717, 1.165) is 6.07 Å². The van der Waals surface area contributed by atoms with E-state index in [2.05, 4.69) is 4.74 Å². The molecule has 0 aliphatic carbocycles. The molecule has 0 unspecified atom stereocenters. The highest BCUT2D eigenvalue weighted by Crippen LogP contribution is 2.31. The van der Waals surface area contributed by atoms with Gasteiger partial charge in [0.15, 0.2) is 5.82 Å². The van der Waals surface area contributed by atoms with Gasteiger partial charge in [0.25, 0.3) is 0 Å². The molecular weight excluding hydrogens is 242 g/mol. The number of halogens is 3. The van der Waals surface area contributed by atoms with Gasteiger partial charge in [-0.1, -0.05) is 11.6 Å². The van der Waals surface area contributed by atoms with Crippen LogP contribution in [0.2, 0.25) is 5.02 Å². The molecule has 0 saturated carbocycles. The average molecular weight is 251 g/mol. The molecule has 1 N–H and O–H groups in total. The fraction of sp³-hybridized carbons (Fsp3) is 0.300. The van der Waals surface area contributed by atoms with Crippen molar-refractivity contribution in [3.8, 4) is 5.75 Å². The maximum atomic E-state index is 13.5. The Morgan fingerprint density at radius 1 is 1.56 bits per heavy atom. The first kappa shape index (κ1) is 12.7. The van der Waals surface area contributed by atoms with Gasteiger partial charge >= 0.3 is 5.97 Å². The predicted octanol–water partition coefficient (Wildman–Crippen LogP) is 2.64. The van der Waals surface area contributed by atoms with E-state index in [1.807, 2.05) is 0 Å². The van der Waals surface area contributed by atoms with Gasteiger partial charge in [-0.2, -0.15) is 0 Å². The second kappa shape index (κ2) is 5.12. The number of methoxy groups -OCH3 is 1. The third-order valence-electron chi connectivity index (χ3n) is 2.03. The lowest BCUT2D eigenvalue weighted by Gasteiger charge is -2.09. The van der Waals surface area contributed by atoms with Crippen molar-refractivity contribution in [2.24, 2.45) is 0 Å². The Morgan fingerprint density at radius 2 is 2.19 bits per heavy atom. The van der Waals surface area contributed by atoms with E-state index in [1.54, 1.807) is 0 Å². The number of ether oxygens (including phenoxy) is 1. The summed E-state index contributed by atoms with van der Waals surface area (Å²) in [5, 5.41) is 8.08. The molecule has 6 heteroatoms. The number of hydrogen-bond donors (Lipinski definition) is 1. The van der Waals surface area contributed by atoms with Crippen LogP contribution in [-0.2, 0) is 11.2 Å². The van der Waals surface area contributed by atoms with E-state index in [-0.39, 0.29) is 29.2 Å². The number of carbonyl (C=O) groups is 1. The van der Waals surface area contributed by atoms with Gasteiger partial charge in [-0.05, 0) is 6.42 Å². The third kappa shape index (κ3) is 2.61. The third-order valence-corrected chi connectivity index (χ3v) is 2.38. The molecule has 1 aromatic rings. The zero-order chi connectivity index (χ0) is 12.3. The molecule has 0 bridgehead atoms. The van der Waals surface area contributed by atoms with Crippen LogP contribution in [0.3, 0.4) is 0 Å². The fourth-order valence-electron chi connectivity index (χ4n) is 1.22. The maximum absolute atomic E-state index is 13.5. The van der Waals surface area contributed by atoms with E-state index in [1.165, 1.54) is 7.11 Å². The van der Waals surface area contributed by atoms with Crippen LogP contribution < -0.4 is 4.74 Å². The Morgan fingerprint density at radius 3 is 2.69 bits per heavy atom. The summed E-state index contributed by atoms with van der Waals surface area (Å²) in [5.74, 6) is -3.08. The van der Waals surface area contributed by atoms with Crippen molar-refractivity contribution in [2.75, 3.05) is 7.11 Å². The minimum atomic E-state index is -1.13. The van der Waals surface area contributed by atoms with Gasteiger partial charge in [0.2, 0.25) is 0 Å². The molecule has 0 heterocycles. The van der Waals surface area contributed by atoms with Crippen LogP contribution >= 0.6 is 11.6 Å². The Kier molecular flexibility index (Phi) is 4.06. The Bertz CT molecular complexity index is 421. The van der Waals surface area contributed by atoms with Crippen molar-refractivity contribution in [2.45, 2.75) is 12.8 Å². The zero-order valence-electron chi connectivity index (χ0n) is 8.39. The molecule has 1 aromatic carbocycles. The Balaban J connectivity index is 3.10.